The van der Waals surface area contributed by atoms with E-state index in [1.807, 2.05) is 29.2 Å². The van der Waals surface area contributed by atoms with E-state index in [0.29, 0.717) is 17.9 Å². The molecule has 2 aromatic rings. The second kappa shape index (κ2) is 7.53. The van der Waals surface area contributed by atoms with Gasteiger partial charge in [-0.3, -0.25) is 4.79 Å². The molecule has 0 unspecified atom stereocenters. The number of fused-ring (bicyclic) bond motifs is 1. The van der Waals surface area contributed by atoms with Gasteiger partial charge in [0, 0.05) is 18.0 Å². The summed E-state index contributed by atoms with van der Waals surface area (Å²) in [7, 11) is 1.36. The molecule has 0 fully saturated rings. The number of esters is 1. The first-order valence-electron chi connectivity index (χ1n) is 7.83. The van der Waals surface area contributed by atoms with Gasteiger partial charge >= 0.3 is 5.97 Å². The number of benzene rings is 2. The summed E-state index contributed by atoms with van der Waals surface area (Å²) in [5.41, 5.74) is 3.05. The first-order valence-corrected chi connectivity index (χ1v) is 8.82. The number of nitrogens with zero attached hydrogens (tertiary/aromatic N) is 1. The maximum atomic E-state index is 12.5. The van der Waals surface area contributed by atoms with Crippen LogP contribution in [0.1, 0.15) is 21.5 Å². The van der Waals surface area contributed by atoms with E-state index in [4.69, 9.17) is 4.74 Å². The Morgan fingerprint density at radius 3 is 2.58 bits per heavy atom. The van der Waals surface area contributed by atoms with Crippen LogP contribution in [0.15, 0.2) is 53.4 Å². The molecule has 124 valence electrons. The van der Waals surface area contributed by atoms with Crippen LogP contribution < -0.4 is 0 Å². The fourth-order valence-corrected chi connectivity index (χ4v) is 3.75. The number of carbonyl (C=O) groups excluding carboxylic acids is 2. The third-order valence-electron chi connectivity index (χ3n) is 4.13. The number of methoxy groups -OCH3 is 1. The van der Waals surface area contributed by atoms with Gasteiger partial charge in [0.25, 0.3) is 0 Å². The lowest BCUT2D eigenvalue weighted by Crippen LogP contribution is -2.37. The van der Waals surface area contributed by atoms with Gasteiger partial charge in [-0.1, -0.05) is 36.4 Å². The lowest BCUT2D eigenvalue weighted by Gasteiger charge is -2.28. The van der Waals surface area contributed by atoms with Crippen molar-refractivity contribution in [3.63, 3.8) is 0 Å². The molecule has 0 saturated carbocycles. The second-order valence-corrected chi connectivity index (χ2v) is 6.63. The smallest absolute Gasteiger partial charge is 0.338 e. The third-order valence-corrected chi connectivity index (χ3v) is 5.19. The van der Waals surface area contributed by atoms with Crippen molar-refractivity contribution in [3.05, 3.63) is 65.2 Å². The van der Waals surface area contributed by atoms with Gasteiger partial charge in [-0.05, 0) is 29.7 Å². The lowest BCUT2D eigenvalue weighted by molar-refractivity contribution is -0.129. The zero-order valence-electron chi connectivity index (χ0n) is 13.5. The minimum Gasteiger partial charge on any atom is -0.465 e. The quantitative estimate of drug-likeness (QED) is 0.633. The number of hydrogen-bond donors (Lipinski definition) is 0. The zero-order chi connectivity index (χ0) is 16.9. The normalized spacial score (nSPS) is 13.3. The van der Waals surface area contributed by atoms with E-state index in [1.54, 1.807) is 12.1 Å². The molecule has 1 aliphatic heterocycles. The standard InChI is InChI=1S/C19H19NO3S/c1-23-19(22)16-8-4-5-9-17(16)24-13-18(21)20-11-10-14-6-2-3-7-15(14)12-20/h2-9H,10-13H2,1H3. The van der Waals surface area contributed by atoms with Crippen molar-refractivity contribution < 1.29 is 14.3 Å². The first kappa shape index (κ1) is 16.6. The first-order chi connectivity index (χ1) is 11.7. The summed E-state index contributed by atoms with van der Waals surface area (Å²) < 4.78 is 4.79. The summed E-state index contributed by atoms with van der Waals surface area (Å²) in [4.78, 5) is 27.0. The minimum absolute atomic E-state index is 0.0918. The van der Waals surface area contributed by atoms with Crippen LogP contribution in [0.2, 0.25) is 0 Å². The maximum Gasteiger partial charge on any atom is 0.338 e. The van der Waals surface area contributed by atoms with E-state index < -0.39 is 0 Å². The molecule has 0 aromatic heterocycles. The molecule has 0 N–H and O–H groups in total. The Labute approximate surface area is 145 Å². The average molecular weight is 341 g/mol. The molecular formula is C19H19NO3S. The average Bonchev–Trinajstić information content (AvgIpc) is 2.65. The predicted octanol–water partition coefficient (Wildman–Crippen LogP) is 3.15. The molecule has 2 aromatic carbocycles. The fourth-order valence-electron chi connectivity index (χ4n) is 2.81. The topological polar surface area (TPSA) is 46.6 Å². The Balaban J connectivity index is 1.64. The zero-order valence-corrected chi connectivity index (χ0v) is 14.3. The number of thioether (sulfide) groups is 1. The van der Waals surface area contributed by atoms with E-state index in [-0.39, 0.29) is 11.9 Å². The van der Waals surface area contributed by atoms with Gasteiger partial charge in [0.15, 0.2) is 0 Å². The van der Waals surface area contributed by atoms with Crippen molar-refractivity contribution in [2.24, 2.45) is 0 Å². The van der Waals surface area contributed by atoms with Crippen molar-refractivity contribution in [1.82, 2.24) is 4.90 Å². The van der Waals surface area contributed by atoms with Crippen molar-refractivity contribution in [2.75, 3.05) is 19.4 Å². The molecule has 3 rings (SSSR count). The van der Waals surface area contributed by atoms with Crippen LogP contribution in [0.4, 0.5) is 0 Å². The summed E-state index contributed by atoms with van der Waals surface area (Å²) >= 11 is 1.38. The number of rotatable bonds is 4. The number of hydrogen-bond acceptors (Lipinski definition) is 4. The molecule has 1 amide bonds. The summed E-state index contributed by atoms with van der Waals surface area (Å²) in [6.45, 7) is 1.41. The molecule has 1 heterocycles. The molecule has 1 aliphatic rings. The molecule has 4 nitrogen and oxygen atoms in total. The van der Waals surface area contributed by atoms with Gasteiger partial charge < -0.3 is 9.64 Å². The van der Waals surface area contributed by atoms with Crippen LogP contribution in [0.25, 0.3) is 0 Å². The van der Waals surface area contributed by atoms with Crippen molar-refractivity contribution in [2.45, 2.75) is 17.9 Å². The highest BCUT2D eigenvalue weighted by Gasteiger charge is 2.21. The Morgan fingerprint density at radius 1 is 1.08 bits per heavy atom. The second-order valence-electron chi connectivity index (χ2n) is 5.61. The Hall–Kier alpha value is -2.27. The Morgan fingerprint density at radius 2 is 1.79 bits per heavy atom. The lowest BCUT2D eigenvalue weighted by atomic mass is 10.00. The largest absolute Gasteiger partial charge is 0.465 e. The highest BCUT2D eigenvalue weighted by Crippen LogP contribution is 2.25. The molecule has 0 aliphatic carbocycles. The van der Waals surface area contributed by atoms with Gasteiger partial charge in [-0.2, -0.15) is 0 Å². The molecule has 24 heavy (non-hydrogen) atoms. The van der Waals surface area contributed by atoms with E-state index in [0.717, 1.165) is 17.9 Å². The highest BCUT2D eigenvalue weighted by atomic mass is 32.2. The molecule has 0 bridgehead atoms. The van der Waals surface area contributed by atoms with Crippen LogP contribution in [-0.4, -0.2) is 36.2 Å². The molecule has 0 saturated heterocycles. The van der Waals surface area contributed by atoms with Gasteiger partial charge in [-0.15, -0.1) is 11.8 Å². The van der Waals surface area contributed by atoms with Gasteiger partial charge in [0.2, 0.25) is 5.91 Å². The Kier molecular flexibility index (Phi) is 5.20. The molecule has 5 heteroatoms. The van der Waals surface area contributed by atoms with Crippen LogP contribution in [-0.2, 0) is 22.5 Å². The van der Waals surface area contributed by atoms with E-state index in [2.05, 4.69) is 12.1 Å². The maximum absolute atomic E-state index is 12.5. The van der Waals surface area contributed by atoms with Crippen molar-refractivity contribution in [1.29, 1.82) is 0 Å². The van der Waals surface area contributed by atoms with Gasteiger partial charge in [0.05, 0.1) is 18.4 Å². The van der Waals surface area contributed by atoms with Crippen LogP contribution in [0.3, 0.4) is 0 Å². The summed E-state index contributed by atoms with van der Waals surface area (Å²) in [6, 6.07) is 15.5. The number of ether oxygens (including phenoxy) is 1. The van der Waals surface area contributed by atoms with E-state index in [9.17, 15) is 9.59 Å². The Bertz CT molecular complexity index is 760. The van der Waals surface area contributed by atoms with E-state index in [1.165, 1.54) is 30.0 Å². The number of carbonyl (C=O) groups is 2. The molecule has 0 radical (unpaired) electrons. The van der Waals surface area contributed by atoms with Crippen molar-refractivity contribution in [3.8, 4) is 0 Å². The molecular weight excluding hydrogens is 322 g/mol. The SMILES string of the molecule is COC(=O)c1ccccc1SCC(=O)N1CCc2ccccc2C1. The summed E-state index contributed by atoms with van der Waals surface area (Å²) in [6.07, 6.45) is 0.894. The minimum atomic E-state index is -0.377. The predicted molar refractivity (Wildman–Crippen MR) is 94.1 cm³/mol. The van der Waals surface area contributed by atoms with Crippen LogP contribution in [0.5, 0.6) is 0 Å². The summed E-state index contributed by atoms with van der Waals surface area (Å²) in [5.74, 6) is 0.0301. The van der Waals surface area contributed by atoms with Crippen molar-refractivity contribution >= 4 is 23.6 Å². The molecule has 0 spiro atoms. The summed E-state index contributed by atoms with van der Waals surface area (Å²) in [5, 5.41) is 0. The van der Waals surface area contributed by atoms with Crippen LogP contribution in [0, 0.1) is 0 Å². The monoisotopic (exact) mass is 341 g/mol. The fraction of sp³-hybridized carbons (Fsp3) is 0.263. The third kappa shape index (κ3) is 3.62. The van der Waals surface area contributed by atoms with Crippen LogP contribution >= 0.6 is 11.8 Å². The number of amides is 1. The van der Waals surface area contributed by atoms with Gasteiger partial charge in [0.1, 0.15) is 0 Å². The van der Waals surface area contributed by atoms with Gasteiger partial charge in [-0.25, -0.2) is 4.79 Å². The molecule has 0 atom stereocenters. The van der Waals surface area contributed by atoms with E-state index >= 15 is 0 Å². The highest BCUT2D eigenvalue weighted by molar-refractivity contribution is 8.00.